The molecule has 0 radical (unpaired) electrons. The van der Waals surface area contributed by atoms with E-state index >= 15 is 0 Å². The van der Waals surface area contributed by atoms with Gasteiger partial charge in [0, 0.05) is 22.8 Å². The van der Waals surface area contributed by atoms with Gasteiger partial charge in [0.2, 0.25) is 0 Å². The summed E-state index contributed by atoms with van der Waals surface area (Å²) in [5.41, 5.74) is 3.05. The van der Waals surface area contributed by atoms with E-state index < -0.39 is 0 Å². The molecule has 2 aromatic heterocycles. The van der Waals surface area contributed by atoms with E-state index in [0.717, 1.165) is 40.9 Å². The third kappa shape index (κ3) is 3.20. The lowest BCUT2D eigenvalue weighted by Gasteiger charge is -2.37. The predicted octanol–water partition coefficient (Wildman–Crippen LogP) is 4.15. The Bertz CT molecular complexity index is 650. The first-order valence-electron chi connectivity index (χ1n) is 8.08. The first-order valence-corrected chi connectivity index (χ1v) is 8.96. The van der Waals surface area contributed by atoms with Gasteiger partial charge in [-0.05, 0) is 53.1 Å². The number of hydrogen-bond donors (Lipinski definition) is 0. The molecular formula is C17H24N4S. The van der Waals surface area contributed by atoms with Crippen molar-refractivity contribution in [3.05, 3.63) is 28.7 Å². The number of nitrogens with zero attached hydrogens (tertiary/aromatic N) is 4. The number of hydrogen-bond acceptors (Lipinski definition) is 5. The zero-order chi connectivity index (χ0) is 15.7. The molecule has 3 rings (SSSR count). The summed E-state index contributed by atoms with van der Waals surface area (Å²) in [6.45, 7) is 9.75. The molecule has 3 heterocycles. The van der Waals surface area contributed by atoms with E-state index in [1.807, 2.05) is 13.0 Å². The Morgan fingerprint density at radius 1 is 1.14 bits per heavy atom. The van der Waals surface area contributed by atoms with Crippen LogP contribution in [-0.2, 0) is 0 Å². The molecule has 0 spiro atoms. The van der Waals surface area contributed by atoms with Crippen molar-refractivity contribution in [2.24, 2.45) is 0 Å². The molecule has 0 amide bonds. The van der Waals surface area contributed by atoms with Gasteiger partial charge in [0.15, 0.2) is 0 Å². The fourth-order valence-corrected chi connectivity index (χ4v) is 3.93. The SMILES string of the molecule is Cc1cc(-c2nc(C)cs2)nc(C2CCCCN2C(C)C)n1. The van der Waals surface area contributed by atoms with Gasteiger partial charge >= 0.3 is 0 Å². The molecule has 1 aliphatic heterocycles. The van der Waals surface area contributed by atoms with Gasteiger partial charge in [0.1, 0.15) is 16.5 Å². The summed E-state index contributed by atoms with van der Waals surface area (Å²) in [4.78, 5) is 16.7. The lowest BCUT2D eigenvalue weighted by molar-refractivity contribution is 0.106. The second-order valence-corrected chi connectivity index (χ2v) is 7.25. The van der Waals surface area contributed by atoms with Crippen molar-refractivity contribution in [3.63, 3.8) is 0 Å². The van der Waals surface area contributed by atoms with Crippen molar-refractivity contribution in [2.45, 2.75) is 59.0 Å². The molecule has 22 heavy (non-hydrogen) atoms. The highest BCUT2D eigenvalue weighted by atomic mass is 32.1. The fourth-order valence-electron chi connectivity index (χ4n) is 3.17. The van der Waals surface area contributed by atoms with Crippen LogP contribution in [0.4, 0.5) is 0 Å². The van der Waals surface area contributed by atoms with Gasteiger partial charge in [-0.1, -0.05) is 6.42 Å². The molecule has 5 heteroatoms. The Hall–Kier alpha value is -1.33. The summed E-state index contributed by atoms with van der Waals surface area (Å²) in [5, 5.41) is 3.07. The lowest BCUT2D eigenvalue weighted by Crippen LogP contribution is -2.39. The molecule has 1 saturated heterocycles. The van der Waals surface area contributed by atoms with E-state index in [4.69, 9.17) is 9.97 Å². The standard InChI is InChI=1S/C17H24N4S/c1-11(2)21-8-6-5-7-15(21)16-18-12(3)9-14(20-16)17-19-13(4)10-22-17/h9-11,15H,5-8H2,1-4H3. The molecule has 1 fully saturated rings. The minimum absolute atomic E-state index is 0.341. The largest absolute Gasteiger partial charge is 0.291 e. The minimum Gasteiger partial charge on any atom is -0.291 e. The highest BCUT2D eigenvalue weighted by Gasteiger charge is 2.28. The van der Waals surface area contributed by atoms with Crippen LogP contribution in [0, 0.1) is 13.8 Å². The van der Waals surface area contributed by atoms with Crippen LogP contribution >= 0.6 is 11.3 Å². The number of aromatic nitrogens is 3. The third-order valence-electron chi connectivity index (χ3n) is 4.22. The summed E-state index contributed by atoms with van der Waals surface area (Å²) in [6, 6.07) is 2.91. The van der Waals surface area contributed by atoms with Gasteiger partial charge in [0.05, 0.1) is 6.04 Å². The van der Waals surface area contributed by atoms with Crippen molar-refractivity contribution in [1.29, 1.82) is 0 Å². The quantitative estimate of drug-likeness (QED) is 0.853. The molecule has 1 unspecified atom stereocenters. The van der Waals surface area contributed by atoms with Crippen LogP contribution in [0.2, 0.25) is 0 Å². The fraction of sp³-hybridized carbons (Fsp3) is 0.588. The monoisotopic (exact) mass is 316 g/mol. The highest BCUT2D eigenvalue weighted by Crippen LogP contribution is 2.32. The molecule has 0 aromatic carbocycles. The maximum Gasteiger partial charge on any atom is 0.146 e. The molecule has 0 N–H and O–H groups in total. The van der Waals surface area contributed by atoms with E-state index in [-0.39, 0.29) is 0 Å². The predicted molar refractivity (Wildman–Crippen MR) is 91.0 cm³/mol. The van der Waals surface area contributed by atoms with E-state index in [9.17, 15) is 0 Å². The van der Waals surface area contributed by atoms with Crippen molar-refractivity contribution < 1.29 is 0 Å². The van der Waals surface area contributed by atoms with Crippen LogP contribution in [-0.4, -0.2) is 32.4 Å². The molecule has 0 aliphatic carbocycles. The minimum atomic E-state index is 0.341. The zero-order valence-electron chi connectivity index (χ0n) is 13.8. The van der Waals surface area contributed by atoms with Gasteiger partial charge in [-0.3, -0.25) is 4.90 Å². The number of piperidine rings is 1. The molecule has 4 nitrogen and oxygen atoms in total. The third-order valence-corrected chi connectivity index (χ3v) is 5.20. The Kier molecular flexibility index (Phi) is 4.54. The summed E-state index contributed by atoms with van der Waals surface area (Å²) in [6.07, 6.45) is 3.69. The topological polar surface area (TPSA) is 41.9 Å². The van der Waals surface area contributed by atoms with Crippen LogP contribution in [0.5, 0.6) is 0 Å². The first kappa shape index (κ1) is 15.6. The molecule has 0 saturated carbocycles. The molecular weight excluding hydrogens is 292 g/mol. The number of thiazole rings is 1. The van der Waals surface area contributed by atoms with E-state index in [1.54, 1.807) is 11.3 Å². The number of aryl methyl sites for hydroxylation is 2. The number of likely N-dealkylation sites (tertiary alicyclic amines) is 1. The van der Waals surface area contributed by atoms with Crippen molar-refractivity contribution in [2.75, 3.05) is 6.54 Å². The molecule has 1 atom stereocenters. The molecule has 0 bridgehead atoms. The number of rotatable bonds is 3. The van der Waals surface area contributed by atoms with Gasteiger partial charge in [-0.25, -0.2) is 15.0 Å². The van der Waals surface area contributed by atoms with Crippen LogP contribution in [0.1, 0.15) is 56.4 Å². The first-order chi connectivity index (χ1) is 10.5. The van der Waals surface area contributed by atoms with Crippen LogP contribution < -0.4 is 0 Å². The molecule has 2 aromatic rings. The van der Waals surface area contributed by atoms with Crippen molar-refractivity contribution >= 4 is 11.3 Å². The van der Waals surface area contributed by atoms with E-state index in [0.29, 0.717) is 12.1 Å². The Morgan fingerprint density at radius 2 is 1.95 bits per heavy atom. The van der Waals surface area contributed by atoms with E-state index in [1.165, 1.54) is 12.8 Å². The normalized spacial score (nSPS) is 19.8. The van der Waals surface area contributed by atoms with Crippen LogP contribution in [0.3, 0.4) is 0 Å². The summed E-state index contributed by atoms with van der Waals surface area (Å²) < 4.78 is 0. The second-order valence-electron chi connectivity index (χ2n) is 6.39. The average molecular weight is 316 g/mol. The maximum absolute atomic E-state index is 4.87. The second kappa shape index (κ2) is 6.42. The van der Waals surface area contributed by atoms with Gasteiger partial charge in [-0.2, -0.15) is 0 Å². The van der Waals surface area contributed by atoms with Gasteiger partial charge in [-0.15, -0.1) is 11.3 Å². The van der Waals surface area contributed by atoms with Crippen molar-refractivity contribution in [1.82, 2.24) is 19.9 Å². The maximum atomic E-state index is 4.87. The zero-order valence-corrected chi connectivity index (χ0v) is 14.7. The summed E-state index contributed by atoms with van der Waals surface area (Å²) in [5.74, 6) is 0.969. The Balaban J connectivity index is 1.98. The average Bonchev–Trinajstić information content (AvgIpc) is 2.93. The van der Waals surface area contributed by atoms with Gasteiger partial charge < -0.3 is 0 Å². The molecule has 1 aliphatic rings. The Morgan fingerprint density at radius 3 is 2.64 bits per heavy atom. The van der Waals surface area contributed by atoms with Crippen molar-refractivity contribution in [3.8, 4) is 10.7 Å². The van der Waals surface area contributed by atoms with Gasteiger partial charge in [0.25, 0.3) is 0 Å². The van der Waals surface area contributed by atoms with Crippen LogP contribution in [0.25, 0.3) is 10.7 Å². The van der Waals surface area contributed by atoms with E-state index in [2.05, 4.69) is 36.0 Å². The summed E-state index contributed by atoms with van der Waals surface area (Å²) >= 11 is 1.66. The molecule has 118 valence electrons. The highest BCUT2D eigenvalue weighted by molar-refractivity contribution is 7.13. The lowest BCUT2D eigenvalue weighted by atomic mass is 9.99. The van der Waals surface area contributed by atoms with Crippen LogP contribution in [0.15, 0.2) is 11.4 Å². The Labute approximate surface area is 136 Å². The smallest absolute Gasteiger partial charge is 0.146 e. The summed E-state index contributed by atoms with van der Waals surface area (Å²) in [7, 11) is 0.